The summed E-state index contributed by atoms with van der Waals surface area (Å²) in [5, 5.41) is 2.94. The Morgan fingerprint density at radius 3 is 2.28 bits per heavy atom. The molecule has 1 heterocycles. The van der Waals surface area contributed by atoms with Crippen LogP contribution in [0.3, 0.4) is 0 Å². The van der Waals surface area contributed by atoms with Crippen molar-refractivity contribution in [2.45, 2.75) is 37.8 Å². The molecule has 0 aliphatic carbocycles. The Hall–Kier alpha value is -3.31. The smallest absolute Gasteiger partial charge is 0.255 e. The summed E-state index contributed by atoms with van der Waals surface area (Å²) in [6.07, 6.45) is 0.975. The zero-order valence-corrected chi connectivity index (χ0v) is 19.3. The number of amides is 1. The fraction of sp³-hybridized carbons (Fsp3) is 0.185. The van der Waals surface area contributed by atoms with Crippen molar-refractivity contribution in [3.8, 4) is 11.5 Å². The summed E-state index contributed by atoms with van der Waals surface area (Å²) in [6.45, 7) is 6.13. The number of nitrogens with one attached hydrogen (secondary N) is 1. The molecule has 0 saturated carbocycles. The van der Waals surface area contributed by atoms with Gasteiger partial charge in [-0.2, -0.15) is 0 Å². The van der Waals surface area contributed by atoms with E-state index in [4.69, 9.17) is 4.42 Å². The Labute approximate surface area is 193 Å². The number of benzene rings is 3. The van der Waals surface area contributed by atoms with Gasteiger partial charge in [-0.3, -0.25) is 4.79 Å². The summed E-state index contributed by atoms with van der Waals surface area (Å²) < 4.78 is 5.90. The number of anilines is 1. The second kappa shape index (κ2) is 9.88. The van der Waals surface area contributed by atoms with Crippen LogP contribution in [0.2, 0.25) is 0 Å². The molecule has 0 aliphatic rings. The van der Waals surface area contributed by atoms with Crippen molar-refractivity contribution in [1.29, 1.82) is 0 Å². The number of hydrogen-bond donors (Lipinski definition) is 1. The van der Waals surface area contributed by atoms with E-state index in [0.717, 1.165) is 34.9 Å². The van der Waals surface area contributed by atoms with E-state index in [2.05, 4.69) is 48.4 Å². The van der Waals surface area contributed by atoms with Crippen LogP contribution in [0.25, 0.3) is 11.5 Å². The van der Waals surface area contributed by atoms with E-state index in [-0.39, 0.29) is 5.91 Å². The van der Waals surface area contributed by atoms with Gasteiger partial charge in [0, 0.05) is 27.5 Å². The average Bonchev–Trinajstić information content (AvgIpc) is 3.19. The molecule has 4 rings (SSSR count). The largest absolute Gasteiger partial charge is 0.441 e. The van der Waals surface area contributed by atoms with Gasteiger partial charge >= 0.3 is 0 Å². The van der Waals surface area contributed by atoms with Gasteiger partial charge in [-0.25, -0.2) is 4.98 Å². The summed E-state index contributed by atoms with van der Waals surface area (Å²) in [5.41, 5.74) is 5.65. The summed E-state index contributed by atoms with van der Waals surface area (Å²) in [4.78, 5) is 18.5. The van der Waals surface area contributed by atoms with Gasteiger partial charge in [0.2, 0.25) is 5.89 Å². The topological polar surface area (TPSA) is 55.1 Å². The Kier molecular flexibility index (Phi) is 6.76. The molecule has 0 saturated heterocycles. The predicted molar refractivity (Wildman–Crippen MR) is 131 cm³/mol. The minimum Gasteiger partial charge on any atom is -0.441 e. The van der Waals surface area contributed by atoms with Crippen molar-refractivity contribution in [3.63, 3.8) is 0 Å². The maximum atomic E-state index is 12.6. The maximum absolute atomic E-state index is 12.6. The van der Waals surface area contributed by atoms with Gasteiger partial charge in [-0.15, -0.1) is 11.8 Å². The fourth-order valence-corrected chi connectivity index (χ4v) is 4.16. The van der Waals surface area contributed by atoms with E-state index in [1.54, 1.807) is 23.9 Å². The first kappa shape index (κ1) is 21.9. The third kappa shape index (κ3) is 5.29. The summed E-state index contributed by atoms with van der Waals surface area (Å²) in [7, 11) is 0. The third-order valence-corrected chi connectivity index (χ3v) is 6.33. The Morgan fingerprint density at radius 1 is 0.938 bits per heavy atom. The van der Waals surface area contributed by atoms with E-state index in [1.165, 1.54) is 16.0 Å². The molecular formula is C27H26N2O2S. The first-order valence-electron chi connectivity index (χ1n) is 10.7. The van der Waals surface area contributed by atoms with E-state index in [1.807, 2.05) is 43.3 Å². The molecule has 162 valence electrons. The number of oxazole rings is 1. The minimum absolute atomic E-state index is 0.139. The van der Waals surface area contributed by atoms with E-state index in [9.17, 15) is 4.79 Å². The molecule has 0 bridgehead atoms. The first-order chi connectivity index (χ1) is 15.5. The van der Waals surface area contributed by atoms with Crippen molar-refractivity contribution in [2.24, 2.45) is 0 Å². The molecule has 0 atom stereocenters. The number of hydrogen-bond acceptors (Lipinski definition) is 4. The van der Waals surface area contributed by atoms with Crippen LogP contribution in [-0.2, 0) is 12.2 Å². The first-order valence-corrected chi connectivity index (χ1v) is 11.7. The Bertz CT molecular complexity index is 1190. The minimum atomic E-state index is -0.139. The molecule has 0 spiro atoms. The quantitative estimate of drug-likeness (QED) is 0.311. The van der Waals surface area contributed by atoms with Crippen LogP contribution in [-0.4, -0.2) is 10.9 Å². The van der Waals surface area contributed by atoms with Crippen molar-refractivity contribution in [3.05, 3.63) is 101 Å². The van der Waals surface area contributed by atoms with Crippen LogP contribution >= 0.6 is 11.8 Å². The highest BCUT2D eigenvalue weighted by molar-refractivity contribution is 7.98. The van der Waals surface area contributed by atoms with Crippen molar-refractivity contribution in [1.82, 2.24) is 4.98 Å². The number of rotatable bonds is 7. The zero-order chi connectivity index (χ0) is 22.5. The van der Waals surface area contributed by atoms with Crippen molar-refractivity contribution < 1.29 is 9.21 Å². The molecule has 32 heavy (non-hydrogen) atoms. The predicted octanol–water partition coefficient (Wildman–Crippen LogP) is 7.07. The number of carbonyl (C=O) groups excluding carboxylic acids is 1. The number of aryl methyl sites for hydroxylation is 3. The monoisotopic (exact) mass is 442 g/mol. The molecule has 3 aromatic carbocycles. The lowest BCUT2D eigenvalue weighted by Gasteiger charge is -2.06. The zero-order valence-electron chi connectivity index (χ0n) is 18.5. The van der Waals surface area contributed by atoms with Crippen molar-refractivity contribution >= 4 is 23.4 Å². The van der Waals surface area contributed by atoms with Crippen LogP contribution in [0.1, 0.15) is 39.9 Å². The molecule has 0 aliphatic heterocycles. The highest BCUT2D eigenvalue weighted by Gasteiger charge is 2.13. The number of carbonyl (C=O) groups is 1. The maximum Gasteiger partial charge on any atom is 0.255 e. The van der Waals surface area contributed by atoms with Crippen LogP contribution in [0.5, 0.6) is 0 Å². The Morgan fingerprint density at radius 2 is 1.62 bits per heavy atom. The third-order valence-electron chi connectivity index (χ3n) is 5.30. The molecule has 0 fully saturated rings. The van der Waals surface area contributed by atoms with E-state index in [0.29, 0.717) is 11.5 Å². The molecule has 0 radical (unpaired) electrons. The van der Waals surface area contributed by atoms with Crippen LogP contribution < -0.4 is 5.32 Å². The molecular weight excluding hydrogens is 416 g/mol. The van der Waals surface area contributed by atoms with Gasteiger partial charge < -0.3 is 9.73 Å². The normalized spacial score (nSPS) is 10.8. The molecule has 1 amide bonds. The SMILES string of the molecule is CCc1ccc(NC(=O)c2ccc(-c3nc(CSc4ccc(C)cc4)c(C)o3)cc2)cc1. The van der Waals surface area contributed by atoms with Gasteiger partial charge in [-0.1, -0.05) is 36.8 Å². The molecule has 1 N–H and O–H groups in total. The number of aromatic nitrogens is 1. The lowest BCUT2D eigenvalue weighted by molar-refractivity contribution is 0.102. The summed E-state index contributed by atoms with van der Waals surface area (Å²) in [6, 6.07) is 23.7. The fourth-order valence-electron chi connectivity index (χ4n) is 3.26. The molecule has 4 aromatic rings. The highest BCUT2D eigenvalue weighted by Crippen LogP contribution is 2.28. The van der Waals surface area contributed by atoms with Crippen LogP contribution in [0, 0.1) is 13.8 Å². The van der Waals surface area contributed by atoms with Gasteiger partial charge in [-0.05, 0) is 74.4 Å². The second-order valence-corrected chi connectivity index (χ2v) is 8.75. The van der Waals surface area contributed by atoms with Crippen molar-refractivity contribution in [2.75, 3.05) is 5.32 Å². The van der Waals surface area contributed by atoms with Gasteiger partial charge in [0.05, 0.1) is 5.69 Å². The van der Waals surface area contributed by atoms with Gasteiger partial charge in [0.1, 0.15) is 5.76 Å². The highest BCUT2D eigenvalue weighted by atomic mass is 32.2. The van der Waals surface area contributed by atoms with Gasteiger partial charge in [0.25, 0.3) is 5.91 Å². The standard InChI is InChI=1S/C27H26N2O2S/c1-4-20-7-13-23(14-8-20)28-26(30)21-9-11-22(12-10-21)27-29-25(19(3)31-27)17-32-24-15-5-18(2)6-16-24/h5-16H,4,17H2,1-3H3,(H,28,30). The number of thioether (sulfide) groups is 1. The average molecular weight is 443 g/mol. The molecule has 0 unspecified atom stereocenters. The van der Waals surface area contributed by atoms with E-state index >= 15 is 0 Å². The second-order valence-electron chi connectivity index (χ2n) is 7.71. The number of nitrogens with zero attached hydrogens (tertiary/aromatic N) is 1. The summed E-state index contributed by atoms with van der Waals surface area (Å²) in [5.74, 6) is 2.00. The molecule has 5 heteroatoms. The van der Waals surface area contributed by atoms with E-state index < -0.39 is 0 Å². The lowest BCUT2D eigenvalue weighted by atomic mass is 10.1. The Balaban J connectivity index is 1.41. The van der Waals surface area contributed by atoms with Crippen LogP contribution in [0.15, 0.2) is 82.1 Å². The van der Waals surface area contributed by atoms with Gasteiger partial charge in [0.15, 0.2) is 0 Å². The molecule has 4 nitrogen and oxygen atoms in total. The van der Waals surface area contributed by atoms with Crippen LogP contribution in [0.4, 0.5) is 5.69 Å². The lowest BCUT2D eigenvalue weighted by Crippen LogP contribution is -2.11. The molecule has 1 aromatic heterocycles. The summed E-state index contributed by atoms with van der Waals surface area (Å²) >= 11 is 1.74.